The number of hydrogen-bond donors (Lipinski definition) is 1. The van der Waals surface area contributed by atoms with E-state index in [9.17, 15) is 9.90 Å². The van der Waals surface area contributed by atoms with E-state index >= 15 is 0 Å². The highest BCUT2D eigenvalue weighted by Crippen LogP contribution is 2.32. The van der Waals surface area contributed by atoms with Crippen molar-refractivity contribution in [3.05, 3.63) is 42.0 Å². The molecule has 1 aromatic rings. The molecule has 0 amide bonds. The fourth-order valence-corrected chi connectivity index (χ4v) is 1.61. The number of hydrogen-bond acceptors (Lipinski definition) is 4. The highest BCUT2D eigenvalue weighted by molar-refractivity contribution is 5.87. The summed E-state index contributed by atoms with van der Waals surface area (Å²) >= 11 is 0. The van der Waals surface area contributed by atoms with Crippen LogP contribution in [0.15, 0.2) is 30.9 Å². The zero-order valence-corrected chi connectivity index (χ0v) is 11.2. The molecule has 0 spiro atoms. The summed E-state index contributed by atoms with van der Waals surface area (Å²) in [6.07, 6.45) is 5.16. The van der Waals surface area contributed by atoms with Crippen molar-refractivity contribution < 1.29 is 19.4 Å². The van der Waals surface area contributed by atoms with E-state index in [-0.39, 0.29) is 5.75 Å². The van der Waals surface area contributed by atoms with Crippen LogP contribution in [0.1, 0.15) is 18.1 Å². The molecule has 1 rings (SSSR count). The third-order valence-electron chi connectivity index (χ3n) is 2.46. The van der Waals surface area contributed by atoms with E-state index in [1.54, 1.807) is 31.2 Å². The number of carbonyl (C=O) groups is 1. The van der Waals surface area contributed by atoms with E-state index in [4.69, 9.17) is 9.47 Å². The van der Waals surface area contributed by atoms with Crippen LogP contribution in [0.4, 0.5) is 0 Å². The number of carbonyl (C=O) groups excluding carboxylic acids is 1. The van der Waals surface area contributed by atoms with Crippen molar-refractivity contribution in [3.8, 4) is 11.5 Å². The third-order valence-corrected chi connectivity index (χ3v) is 2.46. The number of ether oxygens (including phenoxy) is 2. The second-order valence-electron chi connectivity index (χ2n) is 3.81. The summed E-state index contributed by atoms with van der Waals surface area (Å²) in [5, 5.41) is 9.92. The first-order valence-electron chi connectivity index (χ1n) is 5.98. The monoisotopic (exact) mass is 262 g/mol. The van der Waals surface area contributed by atoms with Crippen molar-refractivity contribution >= 4 is 12.0 Å². The molecule has 4 heteroatoms. The summed E-state index contributed by atoms with van der Waals surface area (Å²) in [4.78, 5) is 11.2. The van der Waals surface area contributed by atoms with Crippen molar-refractivity contribution in [3.63, 3.8) is 0 Å². The van der Waals surface area contributed by atoms with Gasteiger partial charge in [-0.05, 0) is 37.1 Å². The smallest absolute Gasteiger partial charge is 0.330 e. The number of methoxy groups -OCH3 is 1. The summed E-state index contributed by atoms with van der Waals surface area (Å²) in [6, 6.07) is 3.42. The van der Waals surface area contributed by atoms with Crippen molar-refractivity contribution in [2.24, 2.45) is 0 Å². The van der Waals surface area contributed by atoms with Crippen LogP contribution in [0.5, 0.6) is 11.5 Å². The van der Waals surface area contributed by atoms with E-state index in [0.717, 1.165) is 5.56 Å². The molecule has 102 valence electrons. The SMILES string of the molecule is C=CCc1cc(/C=C/C(=O)OCC)cc(OC)c1O. The molecule has 0 saturated carbocycles. The lowest BCUT2D eigenvalue weighted by atomic mass is 10.1. The Labute approximate surface area is 113 Å². The first-order chi connectivity index (χ1) is 9.12. The molecule has 0 aliphatic rings. The number of phenols is 1. The van der Waals surface area contributed by atoms with E-state index in [0.29, 0.717) is 24.3 Å². The van der Waals surface area contributed by atoms with Crippen molar-refractivity contribution in [2.45, 2.75) is 13.3 Å². The molecule has 19 heavy (non-hydrogen) atoms. The van der Waals surface area contributed by atoms with Crippen LogP contribution in [0.2, 0.25) is 0 Å². The lowest BCUT2D eigenvalue weighted by Gasteiger charge is -2.09. The summed E-state index contributed by atoms with van der Waals surface area (Å²) in [6.45, 7) is 5.72. The second-order valence-corrected chi connectivity index (χ2v) is 3.81. The number of phenolic OH excluding ortho intramolecular Hbond substituents is 1. The summed E-state index contributed by atoms with van der Waals surface area (Å²) in [5.74, 6) is 0.0540. The van der Waals surface area contributed by atoms with Gasteiger partial charge in [0.1, 0.15) is 0 Å². The zero-order valence-electron chi connectivity index (χ0n) is 11.2. The molecule has 0 aromatic heterocycles. The number of esters is 1. The lowest BCUT2D eigenvalue weighted by Crippen LogP contribution is -1.98. The maximum atomic E-state index is 11.2. The average molecular weight is 262 g/mol. The van der Waals surface area contributed by atoms with Crippen LogP contribution in [0.25, 0.3) is 6.08 Å². The number of rotatable bonds is 6. The zero-order chi connectivity index (χ0) is 14.3. The Morgan fingerprint density at radius 3 is 2.79 bits per heavy atom. The molecule has 0 bridgehead atoms. The highest BCUT2D eigenvalue weighted by Gasteiger charge is 2.08. The second kappa shape index (κ2) is 7.26. The number of aromatic hydroxyl groups is 1. The first-order valence-corrected chi connectivity index (χ1v) is 5.98. The Kier molecular flexibility index (Phi) is 5.67. The Balaban J connectivity index is 3.04. The van der Waals surface area contributed by atoms with Crippen LogP contribution in [0, 0.1) is 0 Å². The quantitative estimate of drug-likeness (QED) is 0.486. The molecule has 0 saturated heterocycles. The first kappa shape index (κ1) is 14.8. The van der Waals surface area contributed by atoms with Crippen LogP contribution < -0.4 is 4.74 Å². The standard InChI is InChI=1S/C15H18O4/c1-4-6-12-9-11(7-8-14(16)19-5-2)10-13(18-3)15(12)17/h4,7-10,17H,1,5-6H2,2-3H3/b8-7+. The number of benzene rings is 1. The predicted molar refractivity (Wildman–Crippen MR) is 74.2 cm³/mol. The Hall–Kier alpha value is -2.23. The predicted octanol–water partition coefficient (Wildman–Crippen LogP) is 2.71. The maximum absolute atomic E-state index is 11.2. The summed E-state index contributed by atoms with van der Waals surface area (Å²) in [5.41, 5.74) is 1.44. The molecule has 0 atom stereocenters. The van der Waals surface area contributed by atoms with Gasteiger partial charge in [0.15, 0.2) is 11.5 Å². The molecular weight excluding hydrogens is 244 g/mol. The molecule has 0 aliphatic carbocycles. The van der Waals surface area contributed by atoms with E-state index in [2.05, 4.69) is 6.58 Å². The Morgan fingerprint density at radius 2 is 2.21 bits per heavy atom. The fourth-order valence-electron chi connectivity index (χ4n) is 1.61. The maximum Gasteiger partial charge on any atom is 0.330 e. The minimum Gasteiger partial charge on any atom is -0.504 e. The van der Waals surface area contributed by atoms with Gasteiger partial charge in [-0.25, -0.2) is 4.79 Å². The summed E-state index contributed by atoms with van der Waals surface area (Å²) in [7, 11) is 1.48. The van der Waals surface area contributed by atoms with Crippen LogP contribution >= 0.6 is 0 Å². The van der Waals surface area contributed by atoms with Gasteiger partial charge in [-0.3, -0.25) is 0 Å². The van der Waals surface area contributed by atoms with Crippen molar-refractivity contribution in [1.82, 2.24) is 0 Å². The third kappa shape index (κ3) is 4.17. The van der Waals surface area contributed by atoms with Gasteiger partial charge in [0.25, 0.3) is 0 Å². The van der Waals surface area contributed by atoms with E-state index in [1.165, 1.54) is 13.2 Å². The normalized spacial score (nSPS) is 10.4. The lowest BCUT2D eigenvalue weighted by molar-refractivity contribution is -0.137. The van der Waals surface area contributed by atoms with Gasteiger partial charge in [-0.2, -0.15) is 0 Å². The molecule has 0 fully saturated rings. The van der Waals surface area contributed by atoms with Crippen molar-refractivity contribution in [1.29, 1.82) is 0 Å². The summed E-state index contributed by atoms with van der Waals surface area (Å²) < 4.78 is 9.89. The molecule has 1 aromatic carbocycles. The average Bonchev–Trinajstić information content (AvgIpc) is 2.40. The Morgan fingerprint density at radius 1 is 1.47 bits per heavy atom. The fraction of sp³-hybridized carbons (Fsp3) is 0.267. The molecule has 0 unspecified atom stereocenters. The van der Waals surface area contributed by atoms with Gasteiger partial charge in [0.2, 0.25) is 0 Å². The van der Waals surface area contributed by atoms with Crippen LogP contribution in [-0.4, -0.2) is 24.8 Å². The molecule has 4 nitrogen and oxygen atoms in total. The van der Waals surface area contributed by atoms with Crippen molar-refractivity contribution in [2.75, 3.05) is 13.7 Å². The van der Waals surface area contributed by atoms with Gasteiger partial charge in [0, 0.05) is 11.6 Å². The van der Waals surface area contributed by atoms with Gasteiger partial charge >= 0.3 is 5.97 Å². The molecular formula is C15H18O4. The molecule has 1 N–H and O–H groups in total. The van der Waals surface area contributed by atoms with Crippen LogP contribution in [-0.2, 0) is 16.0 Å². The molecule has 0 radical (unpaired) electrons. The molecule has 0 heterocycles. The van der Waals surface area contributed by atoms with Gasteiger partial charge in [-0.1, -0.05) is 6.08 Å². The topological polar surface area (TPSA) is 55.8 Å². The van der Waals surface area contributed by atoms with E-state index < -0.39 is 5.97 Å². The Bertz CT molecular complexity index is 489. The van der Waals surface area contributed by atoms with Gasteiger partial charge in [-0.15, -0.1) is 6.58 Å². The largest absolute Gasteiger partial charge is 0.504 e. The van der Waals surface area contributed by atoms with Gasteiger partial charge in [0.05, 0.1) is 13.7 Å². The number of allylic oxidation sites excluding steroid dienone is 1. The van der Waals surface area contributed by atoms with Crippen LogP contribution in [0.3, 0.4) is 0 Å². The minimum absolute atomic E-state index is 0.0932. The minimum atomic E-state index is -0.403. The molecule has 0 aliphatic heterocycles. The van der Waals surface area contributed by atoms with E-state index in [1.807, 2.05) is 0 Å². The highest BCUT2D eigenvalue weighted by atomic mass is 16.5. The van der Waals surface area contributed by atoms with Gasteiger partial charge < -0.3 is 14.6 Å².